The molecule has 0 aliphatic rings. The van der Waals surface area contributed by atoms with Gasteiger partial charge >= 0.3 is 11.9 Å². The topological polar surface area (TPSA) is 81.8 Å². The van der Waals surface area contributed by atoms with E-state index in [9.17, 15) is 31.5 Å². The summed E-state index contributed by atoms with van der Waals surface area (Å²) in [6.45, 7) is 0.649. The van der Waals surface area contributed by atoms with Crippen molar-refractivity contribution < 1.29 is 26.7 Å². The maximum Gasteiger partial charge on any atom is 0.452 e. The van der Waals surface area contributed by atoms with Gasteiger partial charge in [-0.1, -0.05) is 12.1 Å². The number of halogens is 5. The van der Waals surface area contributed by atoms with Gasteiger partial charge in [-0.3, -0.25) is 4.79 Å². The Balaban J connectivity index is 1.83. The van der Waals surface area contributed by atoms with E-state index in [0.717, 1.165) is 12.1 Å². The van der Waals surface area contributed by atoms with Crippen LogP contribution in [-0.2, 0) is 24.1 Å². The number of carbonyl (C=O) groups excluding carboxylic acids is 1. The summed E-state index contributed by atoms with van der Waals surface area (Å²) in [5, 5.41) is 5.56. The van der Waals surface area contributed by atoms with Crippen LogP contribution in [0.2, 0.25) is 0 Å². The van der Waals surface area contributed by atoms with Gasteiger partial charge in [0.25, 0.3) is 0 Å². The highest BCUT2D eigenvalue weighted by molar-refractivity contribution is 5.75. The van der Waals surface area contributed by atoms with E-state index in [4.69, 9.17) is 0 Å². The zero-order chi connectivity index (χ0) is 22.1. The molecule has 0 fully saturated rings. The zero-order valence-electron chi connectivity index (χ0n) is 15.4. The van der Waals surface area contributed by atoms with Crippen molar-refractivity contribution in [2.75, 3.05) is 0 Å². The third-order valence-corrected chi connectivity index (χ3v) is 4.05. The summed E-state index contributed by atoms with van der Waals surface area (Å²) in [4.78, 5) is 28.0. The van der Waals surface area contributed by atoms with E-state index in [-0.39, 0.29) is 11.1 Å². The van der Waals surface area contributed by atoms with Crippen molar-refractivity contribution in [2.45, 2.75) is 26.2 Å². The molecule has 0 saturated heterocycles. The molecule has 12 heteroatoms. The lowest BCUT2D eigenvalue weighted by atomic mass is 10.1. The van der Waals surface area contributed by atoms with Gasteiger partial charge in [-0.05, 0) is 36.2 Å². The number of nitrogens with one attached hydrogen (secondary N) is 1. The molecule has 3 rings (SSSR count). The van der Waals surface area contributed by atoms with Crippen LogP contribution < -0.4 is 11.0 Å². The molecule has 7 nitrogen and oxygen atoms in total. The number of amides is 1. The molecule has 158 valence electrons. The Morgan fingerprint density at radius 2 is 1.90 bits per heavy atom. The molecule has 0 spiro atoms. The lowest BCUT2D eigenvalue weighted by Crippen LogP contribution is -2.33. The second kappa shape index (κ2) is 8.05. The number of hydrogen-bond acceptors (Lipinski definition) is 4. The molecular weight excluding hydrogens is 413 g/mol. The van der Waals surface area contributed by atoms with Crippen LogP contribution in [0.3, 0.4) is 0 Å². The standard InChI is InChI=1S/C18H14F5N5O2/c1-10-2-3-11(6-13(10)20)7-25-15(29)9-27-17(30)28(16(26-27)18(21,22)23)14-5-4-12(19)8-24-14/h2-6,8H,7,9H2,1H3,(H,25,29). The lowest BCUT2D eigenvalue weighted by Gasteiger charge is -2.06. The zero-order valence-corrected chi connectivity index (χ0v) is 15.4. The van der Waals surface area contributed by atoms with Gasteiger partial charge in [-0.2, -0.15) is 13.2 Å². The van der Waals surface area contributed by atoms with Gasteiger partial charge in [0.2, 0.25) is 11.7 Å². The Hall–Kier alpha value is -3.57. The van der Waals surface area contributed by atoms with E-state index in [1.807, 2.05) is 0 Å². The van der Waals surface area contributed by atoms with Crippen LogP contribution in [-0.4, -0.2) is 25.2 Å². The molecule has 0 unspecified atom stereocenters. The summed E-state index contributed by atoms with van der Waals surface area (Å²) in [7, 11) is 0. The SMILES string of the molecule is Cc1ccc(CNC(=O)Cn2nc(C(F)(F)F)n(-c3ccc(F)cn3)c2=O)cc1F. The number of benzene rings is 1. The number of aromatic nitrogens is 4. The first-order chi connectivity index (χ1) is 14.1. The second-order valence-electron chi connectivity index (χ2n) is 6.29. The third kappa shape index (κ3) is 4.53. The normalized spacial score (nSPS) is 11.5. The summed E-state index contributed by atoms with van der Waals surface area (Å²) in [5.41, 5.74) is -0.440. The first kappa shape index (κ1) is 21.1. The maximum absolute atomic E-state index is 13.5. The molecule has 0 bridgehead atoms. The number of nitrogens with zero attached hydrogens (tertiary/aromatic N) is 4. The van der Waals surface area contributed by atoms with E-state index in [1.54, 1.807) is 13.0 Å². The highest BCUT2D eigenvalue weighted by atomic mass is 19.4. The monoisotopic (exact) mass is 427 g/mol. The molecule has 0 radical (unpaired) electrons. The number of aryl methyl sites for hydroxylation is 1. The summed E-state index contributed by atoms with van der Waals surface area (Å²) < 4.78 is 66.9. The number of alkyl halides is 3. The van der Waals surface area contributed by atoms with E-state index >= 15 is 0 Å². The summed E-state index contributed by atoms with van der Waals surface area (Å²) in [6.07, 6.45) is -4.39. The van der Waals surface area contributed by atoms with E-state index < -0.39 is 47.6 Å². The van der Waals surface area contributed by atoms with E-state index in [1.165, 1.54) is 12.1 Å². The van der Waals surface area contributed by atoms with Crippen LogP contribution in [0.4, 0.5) is 22.0 Å². The summed E-state index contributed by atoms with van der Waals surface area (Å²) in [6, 6.07) is 6.00. The van der Waals surface area contributed by atoms with Crippen LogP contribution in [0, 0.1) is 18.6 Å². The Labute approximate surface area is 165 Å². The molecule has 1 amide bonds. The predicted octanol–water partition coefficient (Wildman–Crippen LogP) is 2.35. The lowest BCUT2D eigenvalue weighted by molar-refractivity contribution is -0.146. The first-order valence-corrected chi connectivity index (χ1v) is 8.47. The quantitative estimate of drug-likeness (QED) is 0.634. The highest BCUT2D eigenvalue weighted by Crippen LogP contribution is 2.28. The van der Waals surface area contributed by atoms with E-state index in [2.05, 4.69) is 15.4 Å². The fourth-order valence-corrected chi connectivity index (χ4v) is 2.54. The van der Waals surface area contributed by atoms with Crippen molar-refractivity contribution in [3.05, 3.63) is 75.6 Å². The molecule has 2 aromatic heterocycles. The van der Waals surface area contributed by atoms with Crippen LogP contribution >= 0.6 is 0 Å². The Bertz CT molecular complexity index is 1140. The fourth-order valence-electron chi connectivity index (χ4n) is 2.54. The fraction of sp³-hybridized carbons (Fsp3) is 0.222. The number of rotatable bonds is 5. The molecule has 1 N–H and O–H groups in total. The molecule has 1 aromatic carbocycles. The van der Waals surface area contributed by atoms with Crippen molar-refractivity contribution in [1.82, 2.24) is 24.6 Å². The first-order valence-electron chi connectivity index (χ1n) is 8.47. The average molecular weight is 427 g/mol. The molecule has 0 aliphatic heterocycles. The third-order valence-electron chi connectivity index (χ3n) is 4.05. The van der Waals surface area contributed by atoms with Gasteiger partial charge < -0.3 is 5.32 Å². The summed E-state index contributed by atoms with van der Waals surface area (Å²) >= 11 is 0. The van der Waals surface area contributed by atoms with Crippen molar-refractivity contribution in [2.24, 2.45) is 0 Å². The summed E-state index contributed by atoms with van der Waals surface area (Å²) in [5.74, 6) is -4.21. The number of pyridine rings is 1. The van der Waals surface area contributed by atoms with Gasteiger partial charge in [0, 0.05) is 6.54 Å². The largest absolute Gasteiger partial charge is 0.452 e. The van der Waals surface area contributed by atoms with Crippen LogP contribution in [0.25, 0.3) is 5.82 Å². The van der Waals surface area contributed by atoms with Crippen LogP contribution in [0.1, 0.15) is 17.0 Å². The van der Waals surface area contributed by atoms with Gasteiger partial charge in [0.1, 0.15) is 24.0 Å². The minimum atomic E-state index is -5.03. The Morgan fingerprint density at radius 3 is 2.50 bits per heavy atom. The predicted molar refractivity (Wildman–Crippen MR) is 93.6 cm³/mol. The number of carbonyl (C=O) groups is 1. The average Bonchev–Trinajstić information content (AvgIpc) is 3.00. The minimum Gasteiger partial charge on any atom is -0.350 e. The van der Waals surface area contributed by atoms with Crippen molar-refractivity contribution >= 4 is 5.91 Å². The maximum atomic E-state index is 13.5. The van der Waals surface area contributed by atoms with Crippen molar-refractivity contribution in [3.8, 4) is 5.82 Å². The molecule has 0 aliphatic carbocycles. The smallest absolute Gasteiger partial charge is 0.350 e. The molecule has 30 heavy (non-hydrogen) atoms. The molecule has 0 saturated carbocycles. The van der Waals surface area contributed by atoms with Gasteiger partial charge in [-0.15, -0.1) is 5.10 Å². The van der Waals surface area contributed by atoms with Crippen molar-refractivity contribution in [1.29, 1.82) is 0 Å². The molecule has 0 atom stereocenters. The minimum absolute atomic E-state index is 0.100. The molecule has 3 aromatic rings. The number of hydrogen-bond donors (Lipinski definition) is 1. The van der Waals surface area contributed by atoms with Gasteiger partial charge in [0.05, 0.1) is 6.20 Å². The molecule has 2 heterocycles. The van der Waals surface area contributed by atoms with Crippen molar-refractivity contribution in [3.63, 3.8) is 0 Å². The second-order valence-corrected chi connectivity index (χ2v) is 6.29. The highest BCUT2D eigenvalue weighted by Gasteiger charge is 2.40. The van der Waals surface area contributed by atoms with Crippen LogP contribution in [0.5, 0.6) is 0 Å². The van der Waals surface area contributed by atoms with Crippen LogP contribution in [0.15, 0.2) is 41.3 Å². The molecular formula is C18H14F5N5O2. The van der Waals surface area contributed by atoms with Gasteiger partial charge in [-0.25, -0.2) is 27.8 Å². The Morgan fingerprint density at radius 1 is 1.17 bits per heavy atom. The Kier molecular flexibility index (Phi) is 5.67. The van der Waals surface area contributed by atoms with E-state index in [0.29, 0.717) is 22.0 Å². The van der Waals surface area contributed by atoms with Gasteiger partial charge in [0.15, 0.2) is 0 Å².